The molecule has 2 aromatic rings. The van der Waals surface area contributed by atoms with E-state index in [0.717, 1.165) is 10.5 Å². The Morgan fingerprint density at radius 3 is 2.79 bits per heavy atom. The van der Waals surface area contributed by atoms with Crippen LogP contribution < -0.4 is 4.74 Å². The number of cyclic esters (lactones) is 1. The van der Waals surface area contributed by atoms with Crippen LogP contribution in [0.5, 0.6) is 5.75 Å². The third kappa shape index (κ3) is 3.57. The molecule has 0 spiro atoms. The molecule has 0 amide bonds. The van der Waals surface area contributed by atoms with Crippen LogP contribution in [0.1, 0.15) is 28.8 Å². The van der Waals surface area contributed by atoms with Gasteiger partial charge in [0.2, 0.25) is 5.90 Å². The maximum atomic E-state index is 12.6. The van der Waals surface area contributed by atoms with Gasteiger partial charge in [-0.25, -0.2) is 9.79 Å². The zero-order valence-electron chi connectivity index (χ0n) is 15.0. The van der Waals surface area contributed by atoms with Crippen LogP contribution in [0.2, 0.25) is 5.02 Å². The van der Waals surface area contributed by atoms with Crippen molar-refractivity contribution >= 4 is 41.0 Å². The Hall–Kier alpha value is -2.57. The van der Waals surface area contributed by atoms with E-state index in [1.54, 1.807) is 18.2 Å². The lowest BCUT2D eigenvalue weighted by Crippen LogP contribution is -2.18. The minimum absolute atomic E-state index is 0.0148. The van der Waals surface area contributed by atoms with Crippen molar-refractivity contribution in [2.75, 3.05) is 7.11 Å². The number of rotatable bonds is 4. The van der Waals surface area contributed by atoms with E-state index in [2.05, 4.69) is 4.99 Å². The Bertz CT molecular complexity index is 1020. The van der Waals surface area contributed by atoms with Crippen molar-refractivity contribution in [3.8, 4) is 5.75 Å². The molecule has 0 saturated heterocycles. The molecule has 5 nitrogen and oxygen atoms in total. The number of carbonyl (C=O) groups excluding carboxylic acids is 2. The number of methoxy groups -OCH3 is 1. The van der Waals surface area contributed by atoms with Gasteiger partial charge >= 0.3 is 5.97 Å². The Labute approximate surface area is 171 Å². The average Bonchev–Trinajstić information content (AvgIpc) is 3.08. The summed E-state index contributed by atoms with van der Waals surface area (Å²) < 4.78 is 10.6. The lowest BCUT2D eigenvalue weighted by Gasteiger charge is -2.24. The summed E-state index contributed by atoms with van der Waals surface area (Å²) in [7, 11) is 1.53. The number of ketones is 1. The molecular formula is C21H16ClNO4S. The van der Waals surface area contributed by atoms with Crippen LogP contribution in [0.3, 0.4) is 0 Å². The highest BCUT2D eigenvalue weighted by Gasteiger charge is 2.31. The normalized spacial score (nSPS) is 20.0. The predicted molar refractivity (Wildman–Crippen MR) is 108 cm³/mol. The number of esters is 1. The van der Waals surface area contributed by atoms with Gasteiger partial charge in [-0.3, -0.25) is 4.79 Å². The molecule has 2 aliphatic heterocycles. The number of benzene rings is 2. The molecule has 0 aliphatic carbocycles. The summed E-state index contributed by atoms with van der Waals surface area (Å²) in [6.07, 6.45) is 2.56. The van der Waals surface area contributed by atoms with Gasteiger partial charge in [0.15, 0.2) is 5.78 Å². The van der Waals surface area contributed by atoms with Crippen LogP contribution in [-0.2, 0) is 9.53 Å². The molecule has 2 heterocycles. The highest BCUT2D eigenvalue weighted by molar-refractivity contribution is 8.00. The molecule has 28 heavy (non-hydrogen) atoms. The first-order chi connectivity index (χ1) is 13.6. The van der Waals surface area contributed by atoms with E-state index in [1.807, 2.05) is 30.3 Å². The minimum Gasteiger partial charge on any atom is -0.496 e. The van der Waals surface area contributed by atoms with Crippen molar-refractivity contribution in [3.05, 3.63) is 70.4 Å². The van der Waals surface area contributed by atoms with E-state index in [-0.39, 0.29) is 16.7 Å². The Morgan fingerprint density at radius 1 is 1.25 bits per heavy atom. The topological polar surface area (TPSA) is 65.0 Å². The third-order valence-corrected chi connectivity index (χ3v) is 6.26. The van der Waals surface area contributed by atoms with E-state index in [9.17, 15) is 9.59 Å². The summed E-state index contributed by atoms with van der Waals surface area (Å²) in [4.78, 5) is 29.8. The monoisotopic (exact) mass is 413 g/mol. The van der Waals surface area contributed by atoms with Crippen molar-refractivity contribution in [2.45, 2.75) is 23.0 Å². The molecular weight excluding hydrogens is 398 g/mol. The maximum Gasteiger partial charge on any atom is 0.363 e. The Morgan fingerprint density at radius 2 is 2.04 bits per heavy atom. The molecule has 0 radical (unpaired) electrons. The second-order valence-electron chi connectivity index (χ2n) is 6.32. The molecule has 0 aromatic heterocycles. The first-order valence-corrected chi connectivity index (χ1v) is 9.95. The van der Waals surface area contributed by atoms with Gasteiger partial charge in [0, 0.05) is 22.1 Å². The Kier molecular flexibility index (Phi) is 5.24. The van der Waals surface area contributed by atoms with Crippen molar-refractivity contribution < 1.29 is 19.1 Å². The fraction of sp³-hybridized carbons (Fsp3) is 0.190. The highest BCUT2D eigenvalue weighted by atomic mass is 35.5. The zero-order chi connectivity index (χ0) is 19.7. The van der Waals surface area contributed by atoms with Crippen molar-refractivity contribution in [2.24, 2.45) is 4.99 Å². The van der Waals surface area contributed by atoms with Crippen LogP contribution in [0.25, 0.3) is 0 Å². The number of ether oxygens (including phenoxy) is 2. The Balaban J connectivity index is 1.54. The van der Waals surface area contributed by atoms with Gasteiger partial charge in [-0.1, -0.05) is 29.8 Å². The van der Waals surface area contributed by atoms with E-state index < -0.39 is 5.97 Å². The van der Waals surface area contributed by atoms with E-state index in [4.69, 9.17) is 21.1 Å². The molecule has 0 bridgehead atoms. The third-order valence-electron chi connectivity index (χ3n) is 4.48. The van der Waals surface area contributed by atoms with E-state index >= 15 is 0 Å². The number of halogens is 1. The van der Waals surface area contributed by atoms with Crippen LogP contribution >= 0.6 is 23.4 Å². The van der Waals surface area contributed by atoms with Crippen molar-refractivity contribution in [1.29, 1.82) is 0 Å². The number of fused-ring (bicyclic) bond motifs is 1. The van der Waals surface area contributed by atoms with Crippen molar-refractivity contribution in [3.63, 3.8) is 0 Å². The molecule has 2 aliphatic rings. The van der Waals surface area contributed by atoms with Gasteiger partial charge in [0.25, 0.3) is 0 Å². The van der Waals surface area contributed by atoms with Crippen LogP contribution in [-0.4, -0.2) is 30.0 Å². The predicted octanol–water partition coefficient (Wildman–Crippen LogP) is 4.67. The second-order valence-corrected chi connectivity index (χ2v) is 8.04. The van der Waals surface area contributed by atoms with Crippen LogP contribution in [0.4, 0.5) is 0 Å². The maximum absolute atomic E-state index is 12.6. The molecule has 4 rings (SSSR count). The number of nitrogens with zero attached hydrogens (tertiary/aromatic N) is 1. The number of thioether (sulfide) groups is 1. The molecule has 0 saturated carbocycles. The van der Waals surface area contributed by atoms with E-state index in [1.165, 1.54) is 18.9 Å². The molecule has 0 fully saturated rings. The van der Waals surface area contributed by atoms with Crippen LogP contribution in [0.15, 0.2) is 64.1 Å². The minimum atomic E-state index is -0.480. The molecule has 1 atom stereocenters. The summed E-state index contributed by atoms with van der Waals surface area (Å²) in [5, 5.41) is 0.483. The van der Waals surface area contributed by atoms with Gasteiger partial charge in [0.1, 0.15) is 11.4 Å². The molecule has 7 heteroatoms. The van der Waals surface area contributed by atoms with Gasteiger partial charge in [-0.05, 0) is 36.8 Å². The van der Waals surface area contributed by atoms with Crippen molar-refractivity contribution in [1.82, 2.24) is 0 Å². The largest absolute Gasteiger partial charge is 0.496 e. The second kappa shape index (κ2) is 7.81. The number of allylic oxidation sites excluding steroid dienone is 1. The molecule has 1 unspecified atom stereocenters. The van der Waals surface area contributed by atoms with E-state index in [0.29, 0.717) is 35.1 Å². The van der Waals surface area contributed by atoms with Gasteiger partial charge < -0.3 is 9.47 Å². The molecule has 2 aromatic carbocycles. The fourth-order valence-corrected chi connectivity index (χ4v) is 4.70. The number of carbonyl (C=O) groups is 2. The van der Waals surface area contributed by atoms with Gasteiger partial charge in [-0.15, -0.1) is 11.8 Å². The standard InChI is InChI=1S/C21H16ClNO4S/c1-26-17-10-8-14(22)19-18(17)16(24)11-13(28-19)7-9-15-21(25)27-20(23-15)12-5-3-2-4-6-12/h2-6,8-10,13H,7,11H2,1H3. The number of Topliss-reactive ketones (excluding diaryl/α,β-unsaturated/α-hetero) is 1. The zero-order valence-corrected chi connectivity index (χ0v) is 16.5. The average molecular weight is 414 g/mol. The smallest absolute Gasteiger partial charge is 0.363 e. The number of aliphatic imine (C=N–C) groups is 1. The molecule has 142 valence electrons. The summed E-state index contributed by atoms with van der Waals surface area (Å²) in [6.45, 7) is 0. The first-order valence-electron chi connectivity index (χ1n) is 8.69. The quantitative estimate of drug-likeness (QED) is 0.538. The lowest BCUT2D eigenvalue weighted by molar-refractivity contribution is -0.130. The summed E-state index contributed by atoms with van der Waals surface area (Å²) in [5.41, 5.74) is 1.54. The SMILES string of the molecule is COc1ccc(Cl)c2c1C(=O)CC(CC=C1N=C(c3ccccc3)OC1=O)S2. The van der Waals surface area contributed by atoms with Gasteiger partial charge in [0.05, 0.1) is 17.7 Å². The summed E-state index contributed by atoms with van der Waals surface area (Å²) >= 11 is 7.82. The first kappa shape index (κ1) is 18.8. The van der Waals surface area contributed by atoms with Gasteiger partial charge in [-0.2, -0.15) is 0 Å². The van der Waals surface area contributed by atoms with Crippen LogP contribution in [0, 0.1) is 0 Å². The lowest BCUT2D eigenvalue weighted by atomic mass is 10.0. The summed E-state index contributed by atoms with van der Waals surface area (Å²) in [5.74, 6) is 0.331. The molecule has 0 N–H and O–H groups in total. The number of hydrogen-bond acceptors (Lipinski definition) is 6. The fourth-order valence-electron chi connectivity index (χ4n) is 3.13. The number of hydrogen-bond donors (Lipinski definition) is 0. The highest BCUT2D eigenvalue weighted by Crippen LogP contribution is 2.44. The summed E-state index contributed by atoms with van der Waals surface area (Å²) in [6, 6.07) is 12.7.